The summed E-state index contributed by atoms with van der Waals surface area (Å²) in [5, 5.41) is 3.20. The van der Waals surface area contributed by atoms with Crippen molar-refractivity contribution in [2.24, 2.45) is 0 Å². The molecule has 0 aliphatic carbocycles. The number of ether oxygens (including phenoxy) is 1. The van der Waals surface area contributed by atoms with Crippen LogP contribution in [0.2, 0.25) is 0 Å². The van der Waals surface area contributed by atoms with E-state index in [9.17, 15) is 18.4 Å². The van der Waals surface area contributed by atoms with E-state index in [2.05, 4.69) is 15.0 Å². The molecule has 4 rings (SSSR count). The van der Waals surface area contributed by atoms with Crippen molar-refractivity contribution in [2.45, 2.75) is 51.8 Å². The lowest BCUT2D eigenvalue weighted by Crippen LogP contribution is -2.27. The largest absolute Gasteiger partial charge is 0.434 e. The molecule has 0 unspecified atom stereocenters. The van der Waals surface area contributed by atoms with Gasteiger partial charge in [0.1, 0.15) is 11.6 Å². The molecule has 0 atom stereocenters. The van der Waals surface area contributed by atoms with Crippen LogP contribution in [0.4, 0.5) is 8.78 Å². The number of aromatic nitrogens is 2. The van der Waals surface area contributed by atoms with Gasteiger partial charge in [-0.3, -0.25) is 14.2 Å². The Hall–Kier alpha value is -3.29. The summed E-state index contributed by atoms with van der Waals surface area (Å²) in [5.41, 5.74) is 1.20. The molecule has 0 saturated carbocycles. The van der Waals surface area contributed by atoms with Crippen LogP contribution in [0, 0.1) is 0 Å². The number of hydrogen-bond donors (Lipinski definition) is 1. The number of alkyl halides is 2. The standard InChI is InChI=1S/C23H23F2N3O3/c24-23(25)31-19-8-5-4-7-16(19)14-26-21(29)15-10-11-17-18(13-15)27-20-9-3-1-2-6-12-28(20)22(17)30/h4-5,7-8,10-11,13,23H,1-3,6,9,12,14H2,(H,26,29). The Bertz CT molecular complexity index is 1160. The molecule has 1 aliphatic heterocycles. The van der Waals surface area contributed by atoms with Crippen LogP contribution in [0.1, 0.15) is 47.4 Å². The summed E-state index contributed by atoms with van der Waals surface area (Å²) >= 11 is 0. The molecule has 0 radical (unpaired) electrons. The van der Waals surface area contributed by atoms with Gasteiger partial charge in [-0.05, 0) is 37.1 Å². The second-order valence-corrected chi connectivity index (χ2v) is 7.55. The van der Waals surface area contributed by atoms with Gasteiger partial charge in [0.25, 0.3) is 11.5 Å². The van der Waals surface area contributed by atoms with Crippen LogP contribution in [-0.4, -0.2) is 22.1 Å². The molecule has 1 aromatic heterocycles. The number of carbonyl (C=O) groups excluding carboxylic acids is 1. The normalized spacial score (nSPS) is 14.0. The Morgan fingerprint density at radius 1 is 1.13 bits per heavy atom. The fraction of sp³-hybridized carbons (Fsp3) is 0.348. The highest BCUT2D eigenvalue weighted by Crippen LogP contribution is 2.21. The van der Waals surface area contributed by atoms with Crippen molar-refractivity contribution < 1.29 is 18.3 Å². The zero-order chi connectivity index (χ0) is 21.8. The van der Waals surface area contributed by atoms with Gasteiger partial charge >= 0.3 is 6.61 Å². The maximum absolute atomic E-state index is 12.9. The Balaban J connectivity index is 1.57. The van der Waals surface area contributed by atoms with E-state index in [1.807, 2.05) is 0 Å². The summed E-state index contributed by atoms with van der Waals surface area (Å²) in [6.07, 6.45) is 4.90. The summed E-state index contributed by atoms with van der Waals surface area (Å²) in [7, 11) is 0. The zero-order valence-electron chi connectivity index (χ0n) is 16.9. The number of rotatable bonds is 5. The third-order valence-electron chi connectivity index (χ3n) is 5.46. The molecule has 0 fully saturated rings. The summed E-state index contributed by atoms with van der Waals surface area (Å²) in [6.45, 7) is -2.25. The van der Waals surface area contributed by atoms with Gasteiger partial charge in [0.05, 0.1) is 10.9 Å². The first-order valence-corrected chi connectivity index (χ1v) is 10.4. The maximum Gasteiger partial charge on any atom is 0.387 e. The number of amides is 1. The van der Waals surface area contributed by atoms with E-state index in [0.717, 1.165) is 37.9 Å². The quantitative estimate of drug-likeness (QED) is 0.667. The maximum atomic E-state index is 12.9. The van der Waals surface area contributed by atoms with Crippen LogP contribution in [0.3, 0.4) is 0 Å². The van der Waals surface area contributed by atoms with Crippen LogP contribution >= 0.6 is 0 Å². The van der Waals surface area contributed by atoms with Gasteiger partial charge in [0.15, 0.2) is 0 Å². The zero-order valence-corrected chi connectivity index (χ0v) is 16.9. The van der Waals surface area contributed by atoms with Crippen molar-refractivity contribution in [3.63, 3.8) is 0 Å². The number of para-hydroxylation sites is 1. The van der Waals surface area contributed by atoms with Crippen molar-refractivity contribution in [1.29, 1.82) is 0 Å². The van der Waals surface area contributed by atoms with Gasteiger partial charge < -0.3 is 10.1 Å². The van der Waals surface area contributed by atoms with E-state index in [1.165, 1.54) is 6.07 Å². The Labute approximate surface area is 177 Å². The molecule has 6 nitrogen and oxygen atoms in total. The van der Waals surface area contributed by atoms with Gasteiger partial charge in [-0.15, -0.1) is 0 Å². The van der Waals surface area contributed by atoms with Gasteiger partial charge in [-0.2, -0.15) is 8.78 Å². The number of aryl methyl sites for hydroxylation is 1. The first kappa shape index (κ1) is 21.0. The average Bonchev–Trinajstić information content (AvgIpc) is 2.73. The second-order valence-electron chi connectivity index (χ2n) is 7.55. The fourth-order valence-corrected chi connectivity index (χ4v) is 3.87. The lowest BCUT2D eigenvalue weighted by Gasteiger charge is -2.16. The number of carbonyl (C=O) groups is 1. The summed E-state index contributed by atoms with van der Waals surface area (Å²) < 4.78 is 31.4. The molecule has 1 aliphatic rings. The number of benzene rings is 2. The van der Waals surface area contributed by atoms with Crippen LogP contribution < -0.4 is 15.6 Å². The minimum absolute atomic E-state index is 0.0182. The van der Waals surface area contributed by atoms with E-state index in [0.29, 0.717) is 28.6 Å². The fourth-order valence-electron chi connectivity index (χ4n) is 3.87. The monoisotopic (exact) mass is 427 g/mol. The number of halogens is 2. The number of nitrogens with zero attached hydrogens (tertiary/aromatic N) is 2. The van der Waals surface area contributed by atoms with E-state index >= 15 is 0 Å². The van der Waals surface area contributed by atoms with Crippen molar-refractivity contribution in [3.05, 3.63) is 69.8 Å². The molecule has 2 heterocycles. The van der Waals surface area contributed by atoms with E-state index in [-0.39, 0.29) is 23.8 Å². The molecule has 0 bridgehead atoms. The van der Waals surface area contributed by atoms with Gasteiger partial charge in [0, 0.05) is 30.6 Å². The first-order valence-electron chi connectivity index (χ1n) is 10.4. The van der Waals surface area contributed by atoms with Crippen LogP contribution in [0.25, 0.3) is 10.9 Å². The highest BCUT2D eigenvalue weighted by atomic mass is 19.3. The lowest BCUT2D eigenvalue weighted by molar-refractivity contribution is -0.0504. The first-order chi connectivity index (χ1) is 15.0. The SMILES string of the molecule is O=C(NCc1ccccc1OC(F)F)c1ccc2c(=O)n3c(nc2c1)CCCCCC3. The molecule has 1 N–H and O–H groups in total. The van der Waals surface area contributed by atoms with Gasteiger partial charge in [-0.25, -0.2) is 4.98 Å². The predicted octanol–water partition coefficient (Wildman–Crippen LogP) is 4.04. The van der Waals surface area contributed by atoms with Crippen molar-refractivity contribution in [1.82, 2.24) is 14.9 Å². The summed E-state index contributed by atoms with van der Waals surface area (Å²) in [5.74, 6) is 0.389. The molecule has 0 spiro atoms. The topological polar surface area (TPSA) is 73.2 Å². The summed E-state index contributed by atoms with van der Waals surface area (Å²) in [4.78, 5) is 30.2. The molecular weight excluding hydrogens is 404 g/mol. The van der Waals surface area contributed by atoms with E-state index in [4.69, 9.17) is 0 Å². The van der Waals surface area contributed by atoms with E-state index in [1.54, 1.807) is 41.0 Å². The highest BCUT2D eigenvalue weighted by Gasteiger charge is 2.15. The highest BCUT2D eigenvalue weighted by molar-refractivity contribution is 5.97. The molecule has 31 heavy (non-hydrogen) atoms. The van der Waals surface area contributed by atoms with Crippen LogP contribution in [-0.2, 0) is 19.5 Å². The minimum atomic E-state index is -2.94. The molecule has 1 amide bonds. The third kappa shape index (κ3) is 4.73. The average molecular weight is 427 g/mol. The molecule has 2 aromatic carbocycles. The van der Waals surface area contributed by atoms with Crippen molar-refractivity contribution in [3.8, 4) is 5.75 Å². The smallest absolute Gasteiger partial charge is 0.387 e. The Morgan fingerprint density at radius 3 is 2.77 bits per heavy atom. The second kappa shape index (κ2) is 9.24. The van der Waals surface area contributed by atoms with Crippen molar-refractivity contribution in [2.75, 3.05) is 0 Å². The Morgan fingerprint density at radius 2 is 1.94 bits per heavy atom. The third-order valence-corrected chi connectivity index (χ3v) is 5.46. The number of hydrogen-bond acceptors (Lipinski definition) is 4. The van der Waals surface area contributed by atoms with Crippen LogP contribution in [0.15, 0.2) is 47.3 Å². The number of fused-ring (bicyclic) bond motifs is 2. The number of nitrogens with one attached hydrogen (secondary N) is 1. The van der Waals surface area contributed by atoms with Crippen molar-refractivity contribution >= 4 is 16.8 Å². The lowest BCUT2D eigenvalue weighted by atomic mass is 10.1. The molecular formula is C23H23F2N3O3. The van der Waals surface area contributed by atoms with E-state index < -0.39 is 6.61 Å². The molecule has 0 saturated heterocycles. The molecule has 8 heteroatoms. The predicted molar refractivity (Wildman–Crippen MR) is 112 cm³/mol. The van der Waals surface area contributed by atoms with Gasteiger partial charge in [-0.1, -0.05) is 31.0 Å². The molecule has 162 valence electrons. The minimum Gasteiger partial charge on any atom is -0.434 e. The molecule has 3 aromatic rings. The van der Waals surface area contributed by atoms with Crippen LogP contribution in [0.5, 0.6) is 5.75 Å². The Kier molecular flexibility index (Phi) is 6.25. The summed E-state index contributed by atoms with van der Waals surface area (Å²) in [6, 6.07) is 11.1. The van der Waals surface area contributed by atoms with Gasteiger partial charge in [0.2, 0.25) is 0 Å².